The molecule has 0 aliphatic heterocycles. The van der Waals surface area contributed by atoms with E-state index in [2.05, 4.69) is 4.98 Å². The summed E-state index contributed by atoms with van der Waals surface area (Å²) in [4.78, 5) is 1.31. The van der Waals surface area contributed by atoms with Gasteiger partial charge in [-0.05, 0) is 17.1 Å². The van der Waals surface area contributed by atoms with E-state index in [-0.39, 0.29) is 5.82 Å². The number of quaternary nitrogens is 1. The van der Waals surface area contributed by atoms with E-state index in [0.29, 0.717) is 5.52 Å². The molecule has 0 unspecified atom stereocenters. The van der Waals surface area contributed by atoms with Crippen molar-refractivity contribution < 1.29 is 10.4 Å². The standard InChI is InChI=1S/C9H8N2O3/c12-11(13,14)9-6-5-7-3-1-2-4-8(7)10-9/h1-6,12-13H. The summed E-state index contributed by atoms with van der Waals surface area (Å²) in [7, 11) is 0. The van der Waals surface area contributed by atoms with E-state index in [0.717, 1.165) is 5.39 Å². The molecule has 2 rings (SSSR count). The molecular formula is C9H8N2O3. The zero-order valence-electron chi connectivity index (χ0n) is 7.16. The normalized spacial score (nSPS) is 11.9. The van der Waals surface area contributed by atoms with Crippen molar-refractivity contribution in [3.05, 3.63) is 41.6 Å². The van der Waals surface area contributed by atoms with E-state index in [9.17, 15) is 5.21 Å². The van der Waals surface area contributed by atoms with Crippen LogP contribution in [-0.4, -0.2) is 15.4 Å². The first kappa shape index (κ1) is 9.04. The van der Waals surface area contributed by atoms with Crippen LogP contribution in [0.25, 0.3) is 10.9 Å². The fourth-order valence-corrected chi connectivity index (χ4v) is 1.22. The Kier molecular flexibility index (Phi) is 1.94. The van der Waals surface area contributed by atoms with Crippen LogP contribution in [0.4, 0.5) is 5.82 Å². The highest BCUT2D eigenvalue weighted by Crippen LogP contribution is 2.18. The Bertz CT molecular complexity index is 465. The summed E-state index contributed by atoms with van der Waals surface area (Å²) >= 11 is 0. The van der Waals surface area contributed by atoms with E-state index in [1.54, 1.807) is 18.2 Å². The first-order chi connectivity index (χ1) is 6.57. The number of pyridine rings is 1. The number of aromatic nitrogens is 1. The van der Waals surface area contributed by atoms with E-state index in [4.69, 9.17) is 10.4 Å². The molecule has 0 atom stereocenters. The lowest BCUT2D eigenvalue weighted by Gasteiger charge is -2.21. The van der Waals surface area contributed by atoms with Gasteiger partial charge in [-0.25, -0.2) is 0 Å². The average Bonchev–Trinajstić information content (AvgIpc) is 2.16. The summed E-state index contributed by atoms with van der Waals surface area (Å²) in [5, 5.41) is 29.0. The number of nitrogens with zero attached hydrogens (tertiary/aromatic N) is 2. The molecule has 1 heterocycles. The number of benzene rings is 1. The lowest BCUT2D eigenvalue weighted by molar-refractivity contribution is -0.254. The highest BCUT2D eigenvalue weighted by molar-refractivity contribution is 5.79. The van der Waals surface area contributed by atoms with Gasteiger partial charge in [0, 0.05) is 11.5 Å². The van der Waals surface area contributed by atoms with Crippen LogP contribution in [0, 0.1) is 5.21 Å². The van der Waals surface area contributed by atoms with Crippen LogP contribution in [0.1, 0.15) is 0 Å². The van der Waals surface area contributed by atoms with Crippen LogP contribution in [0.5, 0.6) is 0 Å². The van der Waals surface area contributed by atoms with Crippen LogP contribution in [0.3, 0.4) is 0 Å². The average molecular weight is 192 g/mol. The molecule has 2 N–H and O–H groups in total. The number of rotatable bonds is 1. The predicted molar refractivity (Wildman–Crippen MR) is 50.5 cm³/mol. The summed E-state index contributed by atoms with van der Waals surface area (Å²) in [5.41, 5.74) is 0.548. The minimum Gasteiger partial charge on any atom is -0.558 e. The summed E-state index contributed by atoms with van der Waals surface area (Å²) in [6, 6.07) is 9.98. The Morgan fingerprint density at radius 1 is 1.07 bits per heavy atom. The van der Waals surface area contributed by atoms with Gasteiger partial charge in [-0.3, -0.25) is 0 Å². The van der Waals surface area contributed by atoms with Crippen molar-refractivity contribution in [3.8, 4) is 0 Å². The van der Waals surface area contributed by atoms with Gasteiger partial charge >= 0.3 is 0 Å². The van der Waals surface area contributed by atoms with Crippen LogP contribution in [0.2, 0.25) is 0 Å². The molecule has 0 saturated carbocycles. The third kappa shape index (κ3) is 1.57. The predicted octanol–water partition coefficient (Wildman–Crippen LogP) is 1.82. The smallest absolute Gasteiger partial charge is 0.295 e. The molecule has 5 heteroatoms. The summed E-state index contributed by atoms with van der Waals surface area (Å²) in [6.07, 6.45) is 0. The third-order valence-corrected chi connectivity index (χ3v) is 1.88. The first-order valence-corrected chi connectivity index (χ1v) is 3.99. The molecule has 1 aromatic carbocycles. The quantitative estimate of drug-likeness (QED) is 0.533. The van der Waals surface area contributed by atoms with E-state index in [1.807, 2.05) is 12.1 Å². The van der Waals surface area contributed by atoms with Gasteiger partial charge < -0.3 is 5.21 Å². The van der Waals surface area contributed by atoms with Gasteiger partial charge in [-0.1, -0.05) is 18.2 Å². The Morgan fingerprint density at radius 2 is 1.79 bits per heavy atom. The molecule has 5 nitrogen and oxygen atoms in total. The van der Waals surface area contributed by atoms with E-state index >= 15 is 0 Å². The molecular weight excluding hydrogens is 184 g/mol. The molecule has 2 aromatic rings. The zero-order valence-corrected chi connectivity index (χ0v) is 7.16. The molecule has 0 fully saturated rings. The second kappa shape index (κ2) is 3.00. The number of hydrogen-bond acceptors (Lipinski definition) is 4. The number of para-hydroxylation sites is 1. The van der Waals surface area contributed by atoms with Crippen molar-refractivity contribution in [1.82, 2.24) is 9.96 Å². The summed E-state index contributed by atoms with van der Waals surface area (Å²) < 4.78 is 0. The maximum Gasteiger partial charge on any atom is 0.295 e. The van der Waals surface area contributed by atoms with Crippen molar-refractivity contribution in [3.63, 3.8) is 0 Å². The molecule has 0 saturated heterocycles. The van der Waals surface area contributed by atoms with E-state index < -0.39 is 4.97 Å². The number of hydrogen-bond donors (Lipinski definition) is 2. The van der Waals surface area contributed by atoms with Crippen LogP contribution >= 0.6 is 0 Å². The lowest BCUT2D eigenvalue weighted by atomic mass is 10.2. The van der Waals surface area contributed by atoms with Crippen molar-refractivity contribution in [2.45, 2.75) is 0 Å². The molecule has 0 spiro atoms. The summed E-state index contributed by atoms with van der Waals surface area (Å²) in [5.74, 6) is -0.358. The van der Waals surface area contributed by atoms with Crippen molar-refractivity contribution >= 4 is 16.7 Å². The minimum absolute atomic E-state index is 0.358. The van der Waals surface area contributed by atoms with Gasteiger partial charge in [0.1, 0.15) is 0 Å². The van der Waals surface area contributed by atoms with Gasteiger partial charge in [0.25, 0.3) is 5.82 Å². The molecule has 1 aromatic heterocycles. The second-order valence-corrected chi connectivity index (χ2v) is 2.91. The van der Waals surface area contributed by atoms with Crippen LogP contribution < -0.4 is 4.97 Å². The zero-order chi connectivity index (χ0) is 10.2. The van der Waals surface area contributed by atoms with Crippen molar-refractivity contribution in [2.24, 2.45) is 0 Å². The Balaban J connectivity index is 2.63. The Hall–Kier alpha value is -1.53. The molecule has 0 aliphatic rings. The first-order valence-electron chi connectivity index (χ1n) is 3.99. The van der Waals surface area contributed by atoms with Gasteiger partial charge in [-0.2, -0.15) is 15.4 Å². The van der Waals surface area contributed by atoms with Crippen molar-refractivity contribution in [1.29, 1.82) is 0 Å². The van der Waals surface area contributed by atoms with E-state index in [1.165, 1.54) is 6.07 Å². The topological polar surface area (TPSA) is 76.4 Å². The highest BCUT2D eigenvalue weighted by Gasteiger charge is 2.16. The SMILES string of the molecule is [O-][N+](O)(O)c1ccc2ccccc2n1. The Labute approximate surface area is 79.5 Å². The van der Waals surface area contributed by atoms with Gasteiger partial charge in [0.2, 0.25) is 0 Å². The maximum atomic E-state index is 10.7. The minimum atomic E-state index is -2.50. The molecule has 0 radical (unpaired) electrons. The third-order valence-electron chi connectivity index (χ3n) is 1.88. The molecule has 14 heavy (non-hydrogen) atoms. The molecule has 72 valence electrons. The molecule has 0 bridgehead atoms. The van der Waals surface area contributed by atoms with Gasteiger partial charge in [0.05, 0.1) is 5.52 Å². The monoisotopic (exact) mass is 192 g/mol. The van der Waals surface area contributed by atoms with Crippen LogP contribution in [-0.2, 0) is 0 Å². The van der Waals surface area contributed by atoms with Gasteiger partial charge in [0.15, 0.2) is 0 Å². The second-order valence-electron chi connectivity index (χ2n) is 2.91. The lowest BCUT2D eigenvalue weighted by Crippen LogP contribution is -2.35. The molecule has 0 amide bonds. The molecule has 0 aliphatic carbocycles. The fraction of sp³-hybridized carbons (Fsp3) is 0. The van der Waals surface area contributed by atoms with Crippen LogP contribution in [0.15, 0.2) is 36.4 Å². The fourth-order valence-electron chi connectivity index (χ4n) is 1.22. The highest BCUT2D eigenvalue weighted by atomic mass is 17.1. The summed E-state index contributed by atoms with van der Waals surface area (Å²) in [6.45, 7) is 0. The van der Waals surface area contributed by atoms with Crippen molar-refractivity contribution in [2.75, 3.05) is 0 Å². The largest absolute Gasteiger partial charge is 0.558 e. The Morgan fingerprint density at radius 3 is 2.50 bits per heavy atom. The maximum absolute atomic E-state index is 10.7. The van der Waals surface area contributed by atoms with Gasteiger partial charge in [-0.15, -0.1) is 0 Å². The number of fused-ring (bicyclic) bond motifs is 1.